The second-order valence-electron chi connectivity index (χ2n) is 11.1. The van der Waals surface area contributed by atoms with Crippen LogP contribution in [0.25, 0.3) is 0 Å². The van der Waals surface area contributed by atoms with Crippen LogP contribution in [0.2, 0.25) is 0 Å². The van der Waals surface area contributed by atoms with Crippen molar-refractivity contribution in [3.05, 3.63) is 107 Å². The van der Waals surface area contributed by atoms with Gasteiger partial charge in [-0.1, -0.05) is 61.5 Å². The highest BCUT2D eigenvalue weighted by atomic mass is 32.2. The number of ether oxygens (including phenoxy) is 1. The van der Waals surface area contributed by atoms with Gasteiger partial charge >= 0.3 is 0 Å². The smallest absolute Gasteiger partial charge is 0.268 e. The Hall–Kier alpha value is -3.86. The lowest BCUT2D eigenvalue weighted by molar-refractivity contribution is 0.203. The second-order valence-corrected chi connectivity index (χ2v) is 12.7. The van der Waals surface area contributed by atoms with Gasteiger partial charge < -0.3 is 26.4 Å². The molecule has 1 aliphatic carbocycles. The zero-order valence-electron chi connectivity index (χ0n) is 23.4. The lowest BCUT2D eigenvalue weighted by atomic mass is 9.72. The molecule has 6 atom stereocenters. The van der Waals surface area contributed by atoms with E-state index < -0.39 is 33.6 Å². The summed E-state index contributed by atoms with van der Waals surface area (Å²) in [6.45, 7) is 1.99. The number of phenolic OH excluding ortho intramolecular Hbond substituents is 1. The molecule has 4 heterocycles. The molecular formula is C32H37N3O6S. The number of hydrogen-bond acceptors (Lipinski definition) is 6. The van der Waals surface area contributed by atoms with Gasteiger partial charge in [0.1, 0.15) is 17.6 Å². The minimum absolute atomic E-state index is 0.0893. The van der Waals surface area contributed by atoms with Crippen molar-refractivity contribution in [2.24, 2.45) is 22.4 Å². The van der Waals surface area contributed by atoms with E-state index in [-0.39, 0.29) is 30.0 Å². The molecule has 0 saturated carbocycles. The average molecular weight is 592 g/mol. The first-order valence-corrected chi connectivity index (χ1v) is 15.6. The molecule has 222 valence electrons. The topological polar surface area (TPSA) is 168 Å². The highest BCUT2D eigenvalue weighted by Crippen LogP contribution is 2.46. The molecule has 0 amide bonds. The Morgan fingerprint density at radius 2 is 1.60 bits per heavy atom. The third-order valence-corrected chi connectivity index (χ3v) is 9.78. The number of allylic oxidation sites excluding steroid dienone is 1. The van der Waals surface area contributed by atoms with Gasteiger partial charge in [-0.05, 0) is 84.0 Å². The summed E-state index contributed by atoms with van der Waals surface area (Å²) in [6, 6.07) is 21.3. The molecule has 0 spiro atoms. The summed E-state index contributed by atoms with van der Waals surface area (Å²) in [7, 11) is -4.49. The molecule has 10 heteroatoms. The van der Waals surface area contributed by atoms with Crippen molar-refractivity contribution in [1.82, 2.24) is 0 Å². The fourth-order valence-electron chi connectivity index (χ4n) is 6.27. The van der Waals surface area contributed by atoms with Gasteiger partial charge in [0.25, 0.3) is 10.1 Å². The average Bonchev–Trinajstić information content (AvgIpc) is 2.97. The first kappa shape index (κ1) is 29.6. The monoisotopic (exact) mass is 591 g/mol. The van der Waals surface area contributed by atoms with E-state index in [2.05, 4.69) is 4.99 Å². The van der Waals surface area contributed by atoms with Crippen LogP contribution in [0.5, 0.6) is 11.5 Å². The van der Waals surface area contributed by atoms with Crippen molar-refractivity contribution in [3.63, 3.8) is 0 Å². The Morgan fingerprint density at radius 3 is 2.19 bits per heavy atom. The number of benzene rings is 3. The minimum atomic E-state index is -4.49. The summed E-state index contributed by atoms with van der Waals surface area (Å²) in [4.78, 5) is 4.28. The summed E-state index contributed by atoms with van der Waals surface area (Å²) < 4.78 is 43.0. The Morgan fingerprint density at radius 1 is 0.976 bits per heavy atom. The van der Waals surface area contributed by atoms with E-state index in [0.717, 1.165) is 16.7 Å². The maximum Gasteiger partial charge on any atom is 0.268 e. The van der Waals surface area contributed by atoms with Crippen LogP contribution in [0.15, 0.2) is 89.4 Å². The van der Waals surface area contributed by atoms with Crippen molar-refractivity contribution in [3.8, 4) is 11.5 Å². The summed E-state index contributed by atoms with van der Waals surface area (Å²) in [5.74, 6) is -0.478. The molecular weight excluding hydrogens is 554 g/mol. The van der Waals surface area contributed by atoms with E-state index in [1.165, 1.54) is 12.1 Å². The first-order chi connectivity index (χ1) is 20.0. The van der Waals surface area contributed by atoms with Gasteiger partial charge in [0, 0.05) is 11.5 Å². The molecule has 5 aliphatic rings. The standard InChI is InChI=1S/C32H37N3O6S/c1-2-19-18-29(42(38,39)40)28-17-24(30(37)22-7-12-25(36)13-8-22)11-16-27(28)21-3-5-23(6-4-21)31(35-32(33)34)41-26-14-9-20(19)10-15-26/h3-10,12-15,17,19,27-31,36-37H,2,11,16,18H2,1H3,(H4,33,34,35)(H,38,39,40)/t19-,27-,28+,29+,30-,31-/m0/s1. The van der Waals surface area contributed by atoms with Crippen LogP contribution in [0.4, 0.5) is 0 Å². The zero-order chi connectivity index (χ0) is 30.0. The highest BCUT2D eigenvalue weighted by Gasteiger charge is 2.41. The highest BCUT2D eigenvalue weighted by molar-refractivity contribution is 7.86. The van der Waals surface area contributed by atoms with Crippen LogP contribution < -0.4 is 16.2 Å². The quantitative estimate of drug-likeness (QED) is 0.119. The van der Waals surface area contributed by atoms with Crippen molar-refractivity contribution in [2.75, 3.05) is 0 Å². The maximum atomic E-state index is 13.1. The molecule has 9 nitrogen and oxygen atoms in total. The molecule has 0 unspecified atom stereocenters. The van der Waals surface area contributed by atoms with Gasteiger partial charge in [-0.3, -0.25) is 4.55 Å². The van der Waals surface area contributed by atoms with Gasteiger partial charge in [-0.25, -0.2) is 4.99 Å². The van der Waals surface area contributed by atoms with E-state index in [0.29, 0.717) is 36.1 Å². The zero-order valence-corrected chi connectivity index (χ0v) is 24.2. The fraction of sp³-hybridized carbons (Fsp3) is 0.344. The molecule has 0 radical (unpaired) electrons. The number of guanidine groups is 1. The van der Waals surface area contributed by atoms with E-state index in [4.69, 9.17) is 16.2 Å². The molecule has 0 aromatic heterocycles. The summed E-state index contributed by atoms with van der Waals surface area (Å²) in [6.07, 6.45) is 2.04. The normalized spacial score (nSPS) is 24.8. The molecule has 0 fully saturated rings. The van der Waals surface area contributed by atoms with Crippen molar-refractivity contribution in [1.29, 1.82) is 0 Å². The predicted octanol–water partition coefficient (Wildman–Crippen LogP) is 5.05. The fourth-order valence-corrected chi connectivity index (χ4v) is 7.41. The molecule has 42 heavy (non-hydrogen) atoms. The minimum Gasteiger partial charge on any atom is -0.508 e. The van der Waals surface area contributed by atoms with Gasteiger partial charge in [0.15, 0.2) is 5.96 Å². The number of aromatic hydroxyl groups is 1. The number of nitrogens with zero attached hydrogens (tertiary/aromatic N) is 1. The number of rotatable bonds is 5. The van der Waals surface area contributed by atoms with Crippen LogP contribution in [0.1, 0.15) is 79.0 Å². The number of aliphatic hydroxyl groups is 1. The van der Waals surface area contributed by atoms with Crippen molar-refractivity contribution in [2.45, 2.75) is 62.0 Å². The Bertz CT molecular complexity index is 1550. The van der Waals surface area contributed by atoms with E-state index >= 15 is 0 Å². The number of nitrogens with two attached hydrogens (primary N) is 2. The second kappa shape index (κ2) is 12.2. The number of aliphatic hydroxyl groups excluding tert-OH is 1. The molecule has 3 aromatic carbocycles. The van der Waals surface area contributed by atoms with Crippen LogP contribution in [-0.4, -0.2) is 34.4 Å². The van der Waals surface area contributed by atoms with Gasteiger partial charge in [0.05, 0.1) is 5.25 Å². The number of phenols is 1. The van der Waals surface area contributed by atoms with E-state index in [1.54, 1.807) is 24.3 Å². The number of aliphatic imine (C=N–C) groups is 1. The Balaban J connectivity index is 1.65. The molecule has 3 aromatic rings. The Labute approximate surface area is 246 Å². The van der Waals surface area contributed by atoms with E-state index in [1.807, 2.05) is 49.4 Å². The van der Waals surface area contributed by atoms with Crippen LogP contribution >= 0.6 is 0 Å². The van der Waals surface area contributed by atoms with Crippen LogP contribution in [0, 0.1) is 5.92 Å². The molecule has 4 aliphatic heterocycles. The largest absolute Gasteiger partial charge is 0.508 e. The molecule has 0 saturated heterocycles. The maximum absolute atomic E-state index is 13.1. The Kier molecular flexibility index (Phi) is 8.58. The molecule has 4 bridgehead atoms. The lowest BCUT2D eigenvalue weighted by Gasteiger charge is -2.37. The summed E-state index contributed by atoms with van der Waals surface area (Å²) in [5, 5.41) is 19.9. The van der Waals surface area contributed by atoms with Gasteiger partial charge in [-0.15, -0.1) is 0 Å². The predicted molar refractivity (Wildman–Crippen MR) is 162 cm³/mol. The van der Waals surface area contributed by atoms with Crippen LogP contribution in [-0.2, 0) is 10.1 Å². The first-order valence-electron chi connectivity index (χ1n) is 14.1. The third kappa shape index (κ3) is 6.46. The lowest BCUT2D eigenvalue weighted by Crippen LogP contribution is -2.36. The number of hydrogen-bond donors (Lipinski definition) is 5. The van der Waals surface area contributed by atoms with E-state index in [9.17, 15) is 23.2 Å². The molecule has 7 N–H and O–H groups in total. The van der Waals surface area contributed by atoms with Gasteiger partial charge in [-0.2, -0.15) is 8.42 Å². The van der Waals surface area contributed by atoms with Crippen molar-refractivity contribution >= 4 is 16.1 Å². The third-order valence-electron chi connectivity index (χ3n) is 8.51. The van der Waals surface area contributed by atoms with Gasteiger partial charge in [0.2, 0.25) is 6.23 Å². The summed E-state index contributed by atoms with van der Waals surface area (Å²) >= 11 is 0. The molecule has 8 rings (SSSR count). The van der Waals surface area contributed by atoms with Crippen LogP contribution in [0.3, 0.4) is 0 Å². The van der Waals surface area contributed by atoms with Crippen molar-refractivity contribution < 1.29 is 27.9 Å². The SMILES string of the molecule is CC[C@H]1C[C@@H](S(=O)(=O)O)[C@@H]2C=C([C@@H](O)c3ccc(O)cc3)CC[C@H]2c2ccc(cc2)[C@@H](N=C(N)N)Oc2ccc1cc2. The summed E-state index contributed by atoms with van der Waals surface area (Å²) in [5.41, 5.74) is 15.2.